The van der Waals surface area contributed by atoms with Gasteiger partial charge in [0, 0.05) is 18.2 Å². The summed E-state index contributed by atoms with van der Waals surface area (Å²) in [5.74, 6) is -0.723. The fraction of sp³-hybridized carbons (Fsp3) is 0.263. The normalized spacial score (nSPS) is 17.7. The Morgan fingerprint density at radius 3 is 2.59 bits per heavy atom. The molecule has 0 aromatic heterocycles. The molecule has 0 aliphatic carbocycles. The summed E-state index contributed by atoms with van der Waals surface area (Å²) in [7, 11) is -3.27. The number of nitrogens with one attached hydrogen (secondary N) is 1. The molecule has 0 unspecified atom stereocenters. The van der Waals surface area contributed by atoms with E-state index in [2.05, 4.69) is 10.5 Å². The van der Waals surface area contributed by atoms with E-state index in [0.29, 0.717) is 11.3 Å². The predicted octanol–water partition coefficient (Wildman–Crippen LogP) is 2.60. The minimum Gasteiger partial charge on any atom is -0.382 e. The molecule has 27 heavy (non-hydrogen) atoms. The Morgan fingerprint density at radius 2 is 1.96 bits per heavy atom. The van der Waals surface area contributed by atoms with Gasteiger partial charge in [0.2, 0.25) is 6.10 Å². The summed E-state index contributed by atoms with van der Waals surface area (Å²) >= 11 is 0. The maximum absolute atomic E-state index is 13.3. The zero-order chi connectivity index (χ0) is 19.6. The number of amides is 1. The molecule has 2 aromatic rings. The minimum atomic E-state index is -3.27. The van der Waals surface area contributed by atoms with Crippen molar-refractivity contribution in [2.75, 3.05) is 6.26 Å². The molecular formula is C19H19FN2O4S. The first-order valence-corrected chi connectivity index (χ1v) is 10.2. The second kappa shape index (κ2) is 7.48. The highest BCUT2D eigenvalue weighted by Crippen LogP contribution is 2.20. The van der Waals surface area contributed by atoms with Gasteiger partial charge in [-0.25, -0.2) is 12.8 Å². The van der Waals surface area contributed by atoms with Crippen LogP contribution in [0, 0.1) is 5.82 Å². The molecule has 0 saturated carbocycles. The van der Waals surface area contributed by atoms with Crippen molar-refractivity contribution in [3.05, 3.63) is 65.5 Å². The van der Waals surface area contributed by atoms with Gasteiger partial charge in [-0.2, -0.15) is 0 Å². The minimum absolute atomic E-state index is 0.219. The van der Waals surface area contributed by atoms with Crippen LogP contribution in [0.4, 0.5) is 4.39 Å². The highest BCUT2D eigenvalue weighted by atomic mass is 32.2. The van der Waals surface area contributed by atoms with Crippen LogP contribution in [-0.2, 0) is 19.5 Å². The number of sulfone groups is 1. The van der Waals surface area contributed by atoms with Gasteiger partial charge in [0.15, 0.2) is 9.84 Å². The number of hydrogen-bond acceptors (Lipinski definition) is 5. The largest absolute Gasteiger partial charge is 0.382 e. The molecule has 1 amide bonds. The quantitative estimate of drug-likeness (QED) is 0.850. The molecule has 0 radical (unpaired) electrons. The Kier molecular flexibility index (Phi) is 5.27. The number of halogens is 1. The van der Waals surface area contributed by atoms with Crippen molar-refractivity contribution >= 4 is 21.5 Å². The van der Waals surface area contributed by atoms with Gasteiger partial charge in [-0.05, 0) is 36.8 Å². The number of carbonyl (C=O) groups is 1. The molecule has 2 aromatic carbocycles. The van der Waals surface area contributed by atoms with E-state index < -0.39 is 15.9 Å². The lowest BCUT2D eigenvalue weighted by Crippen LogP contribution is -2.36. The van der Waals surface area contributed by atoms with Crippen molar-refractivity contribution in [3.8, 4) is 0 Å². The van der Waals surface area contributed by atoms with E-state index in [0.717, 1.165) is 11.8 Å². The van der Waals surface area contributed by atoms with E-state index in [4.69, 9.17) is 4.84 Å². The standard InChI is InChI=1S/C19H19FN2O4S/c1-12(13-6-8-16(9-7-13)27(2,24)25)21-19(23)18-11-17(22-26-18)14-4-3-5-15(20)10-14/h3-10,12,18H,11H2,1-2H3,(H,21,23)/t12-,18+/m1/s1. The second-order valence-corrected chi connectivity index (χ2v) is 8.43. The molecule has 0 saturated heterocycles. The third-order valence-corrected chi connectivity index (χ3v) is 5.41. The van der Waals surface area contributed by atoms with E-state index >= 15 is 0 Å². The summed E-state index contributed by atoms with van der Waals surface area (Å²) in [6, 6.07) is 11.9. The summed E-state index contributed by atoms with van der Waals surface area (Å²) in [6.45, 7) is 1.79. The van der Waals surface area contributed by atoms with E-state index in [1.54, 1.807) is 31.2 Å². The molecule has 0 fully saturated rings. The van der Waals surface area contributed by atoms with E-state index in [1.165, 1.54) is 24.3 Å². The predicted molar refractivity (Wildman–Crippen MR) is 98.5 cm³/mol. The molecule has 1 aliphatic heterocycles. The summed E-state index contributed by atoms with van der Waals surface area (Å²) in [5, 5.41) is 6.71. The van der Waals surface area contributed by atoms with Crippen molar-refractivity contribution in [3.63, 3.8) is 0 Å². The highest BCUT2D eigenvalue weighted by Gasteiger charge is 2.30. The zero-order valence-electron chi connectivity index (χ0n) is 14.8. The van der Waals surface area contributed by atoms with Crippen LogP contribution in [0.3, 0.4) is 0 Å². The SMILES string of the molecule is C[C@@H](NC(=O)[C@@H]1CC(c2cccc(F)c2)=NO1)c1ccc(S(C)(=O)=O)cc1. The Labute approximate surface area is 157 Å². The monoisotopic (exact) mass is 390 g/mol. The summed E-state index contributed by atoms with van der Waals surface area (Å²) < 4.78 is 36.3. The van der Waals surface area contributed by atoms with Crippen LogP contribution < -0.4 is 5.32 Å². The Balaban J connectivity index is 1.61. The van der Waals surface area contributed by atoms with Gasteiger partial charge in [0.1, 0.15) is 5.82 Å². The molecule has 1 heterocycles. The van der Waals surface area contributed by atoms with E-state index in [1.807, 2.05) is 0 Å². The second-order valence-electron chi connectivity index (χ2n) is 6.42. The molecule has 6 nitrogen and oxygen atoms in total. The molecule has 2 atom stereocenters. The van der Waals surface area contributed by atoms with Gasteiger partial charge >= 0.3 is 0 Å². The first-order chi connectivity index (χ1) is 12.7. The van der Waals surface area contributed by atoms with Crippen LogP contribution in [0.25, 0.3) is 0 Å². The van der Waals surface area contributed by atoms with Gasteiger partial charge in [-0.15, -0.1) is 0 Å². The smallest absolute Gasteiger partial charge is 0.264 e. The number of carbonyl (C=O) groups excluding carboxylic acids is 1. The summed E-state index contributed by atoms with van der Waals surface area (Å²) in [4.78, 5) is 17.8. The van der Waals surface area contributed by atoms with Gasteiger partial charge in [0.25, 0.3) is 5.91 Å². The van der Waals surface area contributed by atoms with E-state index in [-0.39, 0.29) is 29.1 Å². The fourth-order valence-electron chi connectivity index (χ4n) is 2.75. The van der Waals surface area contributed by atoms with E-state index in [9.17, 15) is 17.6 Å². The lowest BCUT2D eigenvalue weighted by atomic mass is 10.0. The van der Waals surface area contributed by atoms with Gasteiger partial charge in [0.05, 0.1) is 16.6 Å². The molecule has 0 spiro atoms. The third kappa shape index (κ3) is 4.51. The average Bonchev–Trinajstić information content (AvgIpc) is 3.11. The summed E-state index contributed by atoms with van der Waals surface area (Å²) in [5.41, 5.74) is 1.86. The first-order valence-electron chi connectivity index (χ1n) is 8.33. The van der Waals surface area contributed by atoms with Crippen molar-refractivity contribution in [2.24, 2.45) is 5.16 Å². The van der Waals surface area contributed by atoms with Gasteiger partial charge in [-0.3, -0.25) is 4.79 Å². The van der Waals surface area contributed by atoms with Crippen LogP contribution in [0.2, 0.25) is 0 Å². The van der Waals surface area contributed by atoms with Crippen LogP contribution in [0.5, 0.6) is 0 Å². The molecule has 0 bridgehead atoms. The van der Waals surface area contributed by atoms with Crippen molar-refractivity contribution < 1.29 is 22.4 Å². The van der Waals surface area contributed by atoms with Gasteiger partial charge < -0.3 is 10.2 Å². The Morgan fingerprint density at radius 1 is 1.26 bits per heavy atom. The number of oxime groups is 1. The third-order valence-electron chi connectivity index (χ3n) is 4.29. The maximum Gasteiger partial charge on any atom is 0.264 e. The Hall–Kier alpha value is -2.74. The molecule has 3 rings (SSSR count). The molecular weight excluding hydrogens is 371 g/mol. The molecule has 142 valence electrons. The lowest BCUT2D eigenvalue weighted by Gasteiger charge is -2.16. The van der Waals surface area contributed by atoms with Crippen LogP contribution in [0.15, 0.2) is 58.6 Å². The van der Waals surface area contributed by atoms with Crippen molar-refractivity contribution in [2.45, 2.75) is 30.4 Å². The summed E-state index contributed by atoms with van der Waals surface area (Å²) in [6.07, 6.45) is 0.594. The Bertz CT molecular complexity index is 987. The van der Waals surface area contributed by atoms with Crippen molar-refractivity contribution in [1.29, 1.82) is 0 Å². The van der Waals surface area contributed by atoms with Crippen LogP contribution in [-0.4, -0.2) is 32.4 Å². The zero-order valence-corrected chi connectivity index (χ0v) is 15.7. The maximum atomic E-state index is 13.3. The van der Waals surface area contributed by atoms with Crippen molar-refractivity contribution in [1.82, 2.24) is 5.32 Å². The van der Waals surface area contributed by atoms with Crippen LogP contribution >= 0.6 is 0 Å². The topological polar surface area (TPSA) is 84.8 Å². The number of nitrogens with zero attached hydrogens (tertiary/aromatic N) is 1. The highest BCUT2D eigenvalue weighted by molar-refractivity contribution is 7.90. The van der Waals surface area contributed by atoms with Crippen LogP contribution in [0.1, 0.15) is 30.5 Å². The first kappa shape index (κ1) is 19.0. The fourth-order valence-corrected chi connectivity index (χ4v) is 3.38. The van der Waals surface area contributed by atoms with Gasteiger partial charge in [-0.1, -0.05) is 29.4 Å². The lowest BCUT2D eigenvalue weighted by molar-refractivity contribution is -0.131. The number of rotatable bonds is 5. The average molecular weight is 390 g/mol. The number of hydrogen-bond donors (Lipinski definition) is 1. The molecule has 8 heteroatoms. The molecule has 1 N–H and O–H groups in total. The number of benzene rings is 2. The molecule has 1 aliphatic rings.